The van der Waals surface area contributed by atoms with Crippen molar-refractivity contribution in [2.45, 2.75) is 11.8 Å². The number of pyridine rings is 3. The molecule has 0 radical (unpaired) electrons. The van der Waals surface area contributed by atoms with Gasteiger partial charge in [0.05, 0.1) is 36.7 Å². The second-order valence-electron chi connectivity index (χ2n) is 7.24. The number of nitrogen functional groups attached to an aromatic ring is 2. The molecule has 0 saturated heterocycles. The van der Waals surface area contributed by atoms with E-state index in [2.05, 4.69) is 14.8 Å². The van der Waals surface area contributed by atoms with Crippen molar-refractivity contribution < 1.29 is 4.74 Å². The lowest BCUT2D eigenvalue weighted by Crippen LogP contribution is -2.19. The average Bonchev–Trinajstić information content (AvgIpc) is 2.82. The molecule has 4 aromatic rings. The van der Waals surface area contributed by atoms with Gasteiger partial charge in [-0.15, -0.1) is 0 Å². The lowest BCUT2D eigenvalue weighted by Gasteiger charge is -2.27. The monoisotopic (exact) mass is 422 g/mol. The van der Waals surface area contributed by atoms with E-state index >= 15 is 0 Å². The van der Waals surface area contributed by atoms with Crippen LogP contribution in [-0.2, 0) is 0 Å². The van der Waals surface area contributed by atoms with Crippen LogP contribution in [0.2, 0.25) is 0 Å². The van der Waals surface area contributed by atoms with Gasteiger partial charge in [0.15, 0.2) is 5.69 Å². The van der Waals surface area contributed by atoms with Crippen LogP contribution in [0.1, 0.15) is 34.5 Å². The highest BCUT2D eigenvalue weighted by Crippen LogP contribution is 2.42. The SMILES string of the molecule is [C-]#[N+]c1cccc(C(c2cccc(OC)n2)C(c2cccc(N)n2)c2cccc(N)n2)c1. The maximum absolute atomic E-state index is 7.47. The highest BCUT2D eigenvalue weighted by molar-refractivity contribution is 5.51. The summed E-state index contributed by atoms with van der Waals surface area (Å²) in [7, 11) is 1.58. The summed E-state index contributed by atoms with van der Waals surface area (Å²) in [6.45, 7) is 7.47. The van der Waals surface area contributed by atoms with E-state index in [0.29, 0.717) is 23.2 Å². The number of benzene rings is 1. The van der Waals surface area contributed by atoms with Crippen molar-refractivity contribution in [3.63, 3.8) is 0 Å². The number of nitrogens with zero attached hydrogens (tertiary/aromatic N) is 4. The number of ether oxygens (including phenoxy) is 1. The number of hydrogen-bond donors (Lipinski definition) is 2. The van der Waals surface area contributed by atoms with Crippen molar-refractivity contribution in [2.75, 3.05) is 18.6 Å². The molecule has 32 heavy (non-hydrogen) atoms. The van der Waals surface area contributed by atoms with Crippen molar-refractivity contribution in [3.8, 4) is 5.88 Å². The number of hydrogen-bond acceptors (Lipinski definition) is 6. The number of nitrogens with two attached hydrogens (primary N) is 2. The van der Waals surface area contributed by atoms with Crippen LogP contribution < -0.4 is 16.2 Å². The van der Waals surface area contributed by atoms with Gasteiger partial charge in [-0.1, -0.05) is 42.5 Å². The van der Waals surface area contributed by atoms with Gasteiger partial charge in [-0.25, -0.2) is 19.8 Å². The Morgan fingerprint density at radius 3 is 1.88 bits per heavy atom. The minimum atomic E-state index is -0.359. The Labute approximate surface area is 186 Å². The molecule has 0 fully saturated rings. The molecule has 0 amide bonds. The predicted molar refractivity (Wildman–Crippen MR) is 124 cm³/mol. The second-order valence-corrected chi connectivity index (χ2v) is 7.24. The number of aromatic nitrogens is 3. The fourth-order valence-electron chi connectivity index (χ4n) is 3.82. The van der Waals surface area contributed by atoms with Gasteiger partial charge in [0.1, 0.15) is 11.6 Å². The largest absolute Gasteiger partial charge is 0.481 e. The molecule has 3 heterocycles. The highest BCUT2D eigenvalue weighted by atomic mass is 16.5. The first kappa shape index (κ1) is 20.8. The van der Waals surface area contributed by atoms with Gasteiger partial charge in [-0.3, -0.25) is 0 Å². The van der Waals surface area contributed by atoms with Crippen LogP contribution in [0, 0.1) is 6.57 Å². The van der Waals surface area contributed by atoms with Gasteiger partial charge >= 0.3 is 0 Å². The topological polar surface area (TPSA) is 104 Å². The zero-order valence-corrected chi connectivity index (χ0v) is 17.5. The normalized spacial score (nSPS) is 11.7. The Hall–Kier alpha value is -4.44. The quantitative estimate of drug-likeness (QED) is 0.442. The maximum Gasteiger partial charge on any atom is 0.213 e. The van der Waals surface area contributed by atoms with Gasteiger partial charge in [0.2, 0.25) is 5.88 Å². The number of anilines is 2. The van der Waals surface area contributed by atoms with Gasteiger partial charge in [-0.05, 0) is 35.9 Å². The fraction of sp³-hybridized carbons (Fsp3) is 0.120. The Morgan fingerprint density at radius 2 is 1.31 bits per heavy atom. The van der Waals surface area contributed by atoms with Crippen molar-refractivity contribution in [1.29, 1.82) is 0 Å². The molecular formula is C25H22N6O. The minimum Gasteiger partial charge on any atom is -0.481 e. The molecule has 0 bridgehead atoms. The summed E-state index contributed by atoms with van der Waals surface area (Å²) >= 11 is 0. The maximum atomic E-state index is 7.47. The molecule has 7 nitrogen and oxygen atoms in total. The minimum absolute atomic E-state index is 0.324. The van der Waals surface area contributed by atoms with Gasteiger partial charge in [-0.2, -0.15) is 0 Å². The number of rotatable bonds is 6. The zero-order valence-electron chi connectivity index (χ0n) is 17.5. The van der Waals surface area contributed by atoms with Crippen LogP contribution in [0.3, 0.4) is 0 Å². The molecule has 0 aliphatic carbocycles. The van der Waals surface area contributed by atoms with Crippen LogP contribution in [0.25, 0.3) is 4.85 Å². The molecule has 1 unspecified atom stereocenters. The zero-order chi connectivity index (χ0) is 22.5. The molecule has 158 valence electrons. The molecule has 0 saturated carbocycles. The third-order valence-electron chi connectivity index (χ3n) is 5.19. The first-order chi connectivity index (χ1) is 15.6. The Kier molecular flexibility index (Phi) is 5.95. The Bertz CT molecular complexity index is 1240. The van der Waals surface area contributed by atoms with Crippen molar-refractivity contribution in [2.24, 2.45) is 0 Å². The standard InChI is InChI=1S/C25H22N6O/c1-28-17-8-3-7-16(15-17)24(18-11-6-14-23(31-18)32-2)25(19-9-4-12-21(26)29-19)20-10-5-13-22(27)30-20/h3-15,24-25H,2H3,(H2,26,29)(H2,27,30). The van der Waals surface area contributed by atoms with Crippen LogP contribution in [-0.4, -0.2) is 22.1 Å². The fourth-order valence-corrected chi connectivity index (χ4v) is 3.82. The molecule has 4 rings (SSSR count). The Morgan fingerprint density at radius 1 is 0.750 bits per heavy atom. The van der Waals surface area contributed by atoms with E-state index in [9.17, 15) is 0 Å². The summed E-state index contributed by atoms with van der Waals surface area (Å²) in [5.41, 5.74) is 15.7. The summed E-state index contributed by atoms with van der Waals surface area (Å²) in [4.78, 5) is 17.6. The molecule has 0 aliphatic heterocycles. The molecule has 7 heteroatoms. The van der Waals surface area contributed by atoms with Crippen LogP contribution in [0.15, 0.2) is 78.9 Å². The molecule has 0 spiro atoms. The van der Waals surface area contributed by atoms with Gasteiger partial charge in [0, 0.05) is 12.0 Å². The summed E-state index contributed by atoms with van der Waals surface area (Å²) in [6.07, 6.45) is 0. The van der Waals surface area contributed by atoms with Crippen molar-refractivity contribution in [1.82, 2.24) is 15.0 Å². The van der Waals surface area contributed by atoms with E-state index in [-0.39, 0.29) is 11.8 Å². The Balaban J connectivity index is 2.00. The van der Waals surface area contributed by atoms with Crippen LogP contribution in [0.5, 0.6) is 5.88 Å². The molecule has 0 aliphatic rings. The average molecular weight is 422 g/mol. The summed E-state index contributed by atoms with van der Waals surface area (Å²) in [6, 6.07) is 24.1. The van der Waals surface area contributed by atoms with E-state index < -0.39 is 0 Å². The van der Waals surface area contributed by atoms with Gasteiger partial charge < -0.3 is 16.2 Å². The third kappa shape index (κ3) is 4.35. The van der Waals surface area contributed by atoms with E-state index in [0.717, 1.165) is 22.6 Å². The van der Waals surface area contributed by atoms with Crippen LogP contribution in [0.4, 0.5) is 17.3 Å². The van der Waals surface area contributed by atoms with E-state index in [4.69, 9.17) is 27.8 Å². The number of methoxy groups -OCH3 is 1. The second kappa shape index (κ2) is 9.14. The molecule has 1 atom stereocenters. The van der Waals surface area contributed by atoms with Crippen molar-refractivity contribution in [3.05, 3.63) is 113 Å². The molecule has 1 aromatic carbocycles. The van der Waals surface area contributed by atoms with E-state index in [1.807, 2.05) is 54.6 Å². The summed E-state index contributed by atoms with van der Waals surface area (Å²) in [5.74, 6) is 0.624. The molecule has 4 N–H and O–H groups in total. The third-order valence-corrected chi connectivity index (χ3v) is 5.19. The summed E-state index contributed by atoms with van der Waals surface area (Å²) in [5, 5.41) is 0. The van der Waals surface area contributed by atoms with E-state index in [1.165, 1.54) is 0 Å². The van der Waals surface area contributed by atoms with Gasteiger partial charge in [0.25, 0.3) is 0 Å². The lowest BCUT2D eigenvalue weighted by atomic mass is 9.78. The predicted octanol–water partition coefficient (Wildman–Crippen LogP) is 4.56. The summed E-state index contributed by atoms with van der Waals surface area (Å²) < 4.78 is 5.38. The highest BCUT2D eigenvalue weighted by Gasteiger charge is 2.32. The first-order valence-electron chi connectivity index (χ1n) is 10.0. The first-order valence-corrected chi connectivity index (χ1v) is 10.0. The van der Waals surface area contributed by atoms with Crippen molar-refractivity contribution >= 4 is 17.3 Å². The lowest BCUT2D eigenvalue weighted by molar-refractivity contribution is 0.395. The molecular weight excluding hydrogens is 400 g/mol. The molecule has 3 aromatic heterocycles. The van der Waals surface area contributed by atoms with Crippen LogP contribution >= 0.6 is 0 Å². The van der Waals surface area contributed by atoms with E-state index in [1.54, 1.807) is 31.4 Å². The smallest absolute Gasteiger partial charge is 0.213 e.